The van der Waals surface area contributed by atoms with E-state index < -0.39 is 17.6 Å². The largest absolute Gasteiger partial charge is 0.495 e. The van der Waals surface area contributed by atoms with Gasteiger partial charge in [-0.05, 0) is 53.9 Å². The molecule has 1 heterocycles. The van der Waals surface area contributed by atoms with Gasteiger partial charge in [-0.15, -0.1) is 0 Å². The van der Waals surface area contributed by atoms with Crippen molar-refractivity contribution in [1.82, 2.24) is 4.90 Å². The molecular formula is C25H20F2N2O3. The van der Waals surface area contributed by atoms with Gasteiger partial charge in [-0.1, -0.05) is 36.4 Å². The van der Waals surface area contributed by atoms with Crippen LogP contribution in [0.4, 0.5) is 14.5 Å². The van der Waals surface area contributed by atoms with Gasteiger partial charge in [0, 0.05) is 6.54 Å². The second-order valence-corrected chi connectivity index (χ2v) is 7.22. The number of hydrogen-bond acceptors (Lipinski definition) is 4. The van der Waals surface area contributed by atoms with Crippen LogP contribution in [0.15, 0.2) is 78.5 Å². The summed E-state index contributed by atoms with van der Waals surface area (Å²) < 4.78 is 32.0. The summed E-state index contributed by atoms with van der Waals surface area (Å²) in [5.74, 6) is -1.28. The van der Waals surface area contributed by atoms with Gasteiger partial charge in [-0.3, -0.25) is 14.5 Å². The topological polar surface area (TPSA) is 58.6 Å². The number of nitrogens with zero attached hydrogens (tertiary/aromatic N) is 1. The Kier molecular flexibility index (Phi) is 5.98. The molecule has 0 saturated heterocycles. The number of hydrogen-bond donors (Lipinski definition) is 1. The highest BCUT2D eigenvalue weighted by Crippen LogP contribution is 2.33. The second kappa shape index (κ2) is 9.01. The first-order chi connectivity index (χ1) is 15.5. The number of amides is 2. The third-order valence-corrected chi connectivity index (χ3v) is 5.20. The number of imide groups is 1. The van der Waals surface area contributed by atoms with Gasteiger partial charge in [-0.2, -0.15) is 0 Å². The van der Waals surface area contributed by atoms with Gasteiger partial charge >= 0.3 is 0 Å². The smallest absolute Gasteiger partial charge is 0.278 e. The molecule has 2 amide bonds. The lowest BCUT2D eigenvalue weighted by Gasteiger charge is -2.16. The third kappa shape index (κ3) is 4.23. The number of benzene rings is 3. The molecule has 4 rings (SSSR count). The fourth-order valence-corrected chi connectivity index (χ4v) is 3.55. The van der Waals surface area contributed by atoms with Crippen molar-refractivity contribution in [3.05, 3.63) is 101 Å². The van der Waals surface area contributed by atoms with Crippen LogP contribution >= 0.6 is 0 Å². The maximum absolute atomic E-state index is 13.5. The number of carbonyl (C=O) groups excluding carboxylic acids is 2. The van der Waals surface area contributed by atoms with E-state index in [1.807, 2.05) is 0 Å². The summed E-state index contributed by atoms with van der Waals surface area (Å²) in [6, 6.07) is 18.3. The van der Waals surface area contributed by atoms with Crippen LogP contribution in [0, 0.1) is 11.6 Å². The molecule has 162 valence electrons. The van der Waals surface area contributed by atoms with Crippen molar-refractivity contribution in [2.75, 3.05) is 19.0 Å². The van der Waals surface area contributed by atoms with E-state index in [1.165, 1.54) is 43.5 Å². The molecular weight excluding hydrogens is 414 g/mol. The van der Waals surface area contributed by atoms with Gasteiger partial charge in [0.05, 0.1) is 18.4 Å². The maximum atomic E-state index is 13.5. The van der Waals surface area contributed by atoms with Crippen molar-refractivity contribution in [2.24, 2.45) is 0 Å². The molecule has 1 aliphatic heterocycles. The van der Waals surface area contributed by atoms with Gasteiger partial charge in [0.2, 0.25) is 0 Å². The molecule has 1 N–H and O–H groups in total. The van der Waals surface area contributed by atoms with Crippen LogP contribution < -0.4 is 10.1 Å². The number of para-hydroxylation sites is 2. The second-order valence-electron chi connectivity index (χ2n) is 7.22. The van der Waals surface area contributed by atoms with Crippen LogP contribution in [-0.2, 0) is 16.0 Å². The first-order valence-electron chi connectivity index (χ1n) is 9.99. The molecule has 0 aliphatic carbocycles. The molecule has 1 aliphatic rings. The fraction of sp³-hybridized carbons (Fsp3) is 0.120. The average Bonchev–Trinajstić information content (AvgIpc) is 3.03. The Balaban J connectivity index is 1.67. The summed E-state index contributed by atoms with van der Waals surface area (Å²) in [4.78, 5) is 27.6. The molecule has 0 saturated carbocycles. The SMILES string of the molecule is COc1ccccc1NC1=C(c2ccc(F)cc2)C(=O)N(CCc2ccc(F)cc2)C1=O. The number of methoxy groups -OCH3 is 1. The lowest BCUT2D eigenvalue weighted by molar-refractivity contribution is -0.136. The van der Waals surface area contributed by atoms with Crippen molar-refractivity contribution in [3.8, 4) is 5.75 Å². The quantitative estimate of drug-likeness (QED) is 0.560. The van der Waals surface area contributed by atoms with E-state index in [1.54, 1.807) is 36.4 Å². The molecule has 0 unspecified atom stereocenters. The molecule has 3 aromatic carbocycles. The van der Waals surface area contributed by atoms with E-state index in [0.717, 1.165) is 10.5 Å². The van der Waals surface area contributed by atoms with Crippen LogP contribution in [-0.4, -0.2) is 30.4 Å². The van der Waals surface area contributed by atoms with E-state index >= 15 is 0 Å². The lowest BCUT2D eigenvalue weighted by atomic mass is 10.0. The Bertz CT molecular complexity index is 1190. The third-order valence-electron chi connectivity index (χ3n) is 5.20. The minimum Gasteiger partial charge on any atom is -0.495 e. The van der Waals surface area contributed by atoms with Crippen LogP contribution in [0.3, 0.4) is 0 Å². The summed E-state index contributed by atoms with van der Waals surface area (Å²) >= 11 is 0. The lowest BCUT2D eigenvalue weighted by Crippen LogP contribution is -2.34. The number of carbonyl (C=O) groups is 2. The Morgan fingerprint density at radius 1 is 0.844 bits per heavy atom. The summed E-state index contributed by atoms with van der Waals surface area (Å²) in [5, 5.41) is 3.04. The van der Waals surface area contributed by atoms with Gasteiger partial charge in [0.1, 0.15) is 23.1 Å². The molecule has 7 heteroatoms. The zero-order valence-corrected chi connectivity index (χ0v) is 17.3. The monoisotopic (exact) mass is 434 g/mol. The van der Waals surface area contributed by atoms with Gasteiger partial charge in [0.15, 0.2) is 0 Å². The summed E-state index contributed by atoms with van der Waals surface area (Å²) in [6.07, 6.45) is 0.371. The standard InChI is InChI=1S/C25H20F2N2O3/c1-32-21-5-3-2-4-20(21)28-23-22(17-8-12-19(27)13-9-17)24(30)29(25(23)31)15-14-16-6-10-18(26)11-7-16/h2-13,28H,14-15H2,1H3. The van der Waals surface area contributed by atoms with Gasteiger partial charge in [0.25, 0.3) is 11.8 Å². The minimum absolute atomic E-state index is 0.0882. The fourth-order valence-electron chi connectivity index (χ4n) is 3.55. The summed E-state index contributed by atoms with van der Waals surface area (Å²) in [5.41, 5.74) is 1.98. The molecule has 0 fully saturated rings. The zero-order chi connectivity index (χ0) is 22.7. The number of nitrogens with one attached hydrogen (secondary N) is 1. The highest BCUT2D eigenvalue weighted by molar-refractivity contribution is 6.36. The first-order valence-corrected chi connectivity index (χ1v) is 9.99. The van der Waals surface area contributed by atoms with E-state index in [2.05, 4.69) is 5.32 Å². The van der Waals surface area contributed by atoms with Crippen molar-refractivity contribution >= 4 is 23.1 Å². The molecule has 0 atom stereocenters. The summed E-state index contributed by atoms with van der Waals surface area (Å²) in [6.45, 7) is 0.116. The van der Waals surface area contributed by atoms with E-state index in [4.69, 9.17) is 4.74 Å². The van der Waals surface area contributed by atoms with Gasteiger partial charge in [-0.25, -0.2) is 8.78 Å². The zero-order valence-electron chi connectivity index (χ0n) is 17.3. The maximum Gasteiger partial charge on any atom is 0.278 e. The van der Waals surface area contributed by atoms with Crippen LogP contribution in [0.25, 0.3) is 5.57 Å². The average molecular weight is 434 g/mol. The highest BCUT2D eigenvalue weighted by Gasteiger charge is 2.39. The molecule has 0 radical (unpaired) electrons. The van der Waals surface area contributed by atoms with E-state index in [-0.39, 0.29) is 23.6 Å². The predicted octanol–water partition coefficient (Wildman–Crippen LogP) is 4.41. The number of ether oxygens (including phenoxy) is 1. The molecule has 3 aromatic rings. The molecule has 5 nitrogen and oxygen atoms in total. The first kappa shape index (κ1) is 21.2. The van der Waals surface area contributed by atoms with E-state index in [9.17, 15) is 18.4 Å². The Labute approximate surface area is 183 Å². The molecule has 32 heavy (non-hydrogen) atoms. The number of anilines is 1. The molecule has 0 bridgehead atoms. The van der Waals surface area contributed by atoms with E-state index in [0.29, 0.717) is 23.4 Å². The van der Waals surface area contributed by atoms with Crippen molar-refractivity contribution in [1.29, 1.82) is 0 Å². The van der Waals surface area contributed by atoms with Gasteiger partial charge < -0.3 is 10.1 Å². The number of halogens is 2. The van der Waals surface area contributed by atoms with Crippen molar-refractivity contribution < 1.29 is 23.1 Å². The Morgan fingerprint density at radius 3 is 2.12 bits per heavy atom. The number of rotatable bonds is 7. The minimum atomic E-state index is -0.498. The Hall–Kier alpha value is -4.00. The van der Waals surface area contributed by atoms with Crippen LogP contribution in [0.2, 0.25) is 0 Å². The van der Waals surface area contributed by atoms with Crippen molar-refractivity contribution in [2.45, 2.75) is 6.42 Å². The molecule has 0 spiro atoms. The highest BCUT2D eigenvalue weighted by atomic mass is 19.1. The van der Waals surface area contributed by atoms with Crippen molar-refractivity contribution in [3.63, 3.8) is 0 Å². The normalized spacial score (nSPS) is 13.7. The van der Waals surface area contributed by atoms with Crippen LogP contribution in [0.5, 0.6) is 5.75 Å². The molecule has 0 aromatic heterocycles. The summed E-state index contributed by atoms with van der Waals surface area (Å²) in [7, 11) is 1.51. The predicted molar refractivity (Wildman–Crippen MR) is 117 cm³/mol. The van der Waals surface area contributed by atoms with Crippen LogP contribution in [0.1, 0.15) is 11.1 Å². The Morgan fingerprint density at radius 2 is 1.47 bits per heavy atom.